The summed E-state index contributed by atoms with van der Waals surface area (Å²) < 4.78 is 5.67. The lowest BCUT2D eigenvalue weighted by molar-refractivity contribution is -0.143. The smallest absolute Gasteiger partial charge is 0.240 e. The van der Waals surface area contributed by atoms with Crippen molar-refractivity contribution in [1.29, 1.82) is 0 Å². The molecule has 178 valence electrons. The van der Waals surface area contributed by atoms with Crippen LogP contribution in [-0.2, 0) is 19.8 Å². The first-order valence-corrected chi connectivity index (χ1v) is 12.3. The van der Waals surface area contributed by atoms with E-state index in [0.717, 1.165) is 31.4 Å². The van der Waals surface area contributed by atoms with Crippen LogP contribution in [0.2, 0.25) is 0 Å². The third-order valence-electron chi connectivity index (χ3n) is 7.59. The molecule has 1 saturated carbocycles. The second kappa shape index (κ2) is 9.57. The Bertz CT molecular complexity index is 1040. The summed E-state index contributed by atoms with van der Waals surface area (Å²) in [5.41, 5.74) is -0.381. The van der Waals surface area contributed by atoms with Crippen LogP contribution in [0.5, 0.6) is 5.75 Å². The standard InChI is InChI=1S/C27H31N3O4/c31-24-16-27(21-8-2-1-3-9-21,17-25(32)30-19-20-7-4-10-22(30)15-20)26(33)29(24)13-6-14-34-23-11-5-12-28-18-23/h1-3,5,8-9,11-12,18,20,22H,4,6-7,10,13-17,19H2/t20-,22-,27+/m1/s1. The van der Waals surface area contributed by atoms with Crippen molar-refractivity contribution in [2.45, 2.75) is 56.4 Å². The molecule has 0 radical (unpaired) electrons. The van der Waals surface area contributed by atoms with Gasteiger partial charge in [-0.15, -0.1) is 0 Å². The maximum atomic E-state index is 13.8. The van der Waals surface area contributed by atoms with Gasteiger partial charge in [-0.1, -0.05) is 36.8 Å². The molecule has 2 bridgehead atoms. The molecule has 3 aliphatic rings. The summed E-state index contributed by atoms with van der Waals surface area (Å²) in [6, 6.07) is 13.3. The quantitative estimate of drug-likeness (QED) is 0.445. The number of likely N-dealkylation sites (tertiary alicyclic amines) is 2. The molecule has 0 N–H and O–H groups in total. The van der Waals surface area contributed by atoms with Crippen LogP contribution in [0.25, 0.3) is 0 Å². The zero-order valence-corrected chi connectivity index (χ0v) is 19.4. The Hall–Kier alpha value is -3.22. The first-order chi connectivity index (χ1) is 16.6. The number of nitrogens with zero attached hydrogens (tertiary/aromatic N) is 3. The summed E-state index contributed by atoms with van der Waals surface area (Å²) >= 11 is 0. The molecule has 5 rings (SSSR count). The van der Waals surface area contributed by atoms with E-state index >= 15 is 0 Å². The lowest BCUT2D eigenvalue weighted by Crippen LogP contribution is -2.44. The molecule has 3 amide bonds. The van der Waals surface area contributed by atoms with Gasteiger partial charge in [-0.2, -0.15) is 0 Å². The molecule has 3 heterocycles. The molecule has 1 aliphatic carbocycles. The molecule has 7 nitrogen and oxygen atoms in total. The van der Waals surface area contributed by atoms with Crippen molar-refractivity contribution in [3.8, 4) is 5.75 Å². The third-order valence-corrected chi connectivity index (χ3v) is 7.59. The topological polar surface area (TPSA) is 79.8 Å². The number of imide groups is 1. The summed E-state index contributed by atoms with van der Waals surface area (Å²) in [6.07, 6.45) is 8.35. The average Bonchev–Trinajstić information content (AvgIpc) is 3.29. The van der Waals surface area contributed by atoms with E-state index < -0.39 is 5.41 Å². The van der Waals surface area contributed by atoms with E-state index in [-0.39, 0.29) is 43.1 Å². The zero-order chi connectivity index (χ0) is 23.5. The van der Waals surface area contributed by atoms with Crippen molar-refractivity contribution in [2.24, 2.45) is 5.92 Å². The van der Waals surface area contributed by atoms with Crippen molar-refractivity contribution in [3.63, 3.8) is 0 Å². The van der Waals surface area contributed by atoms with Crippen molar-refractivity contribution < 1.29 is 19.1 Å². The molecule has 7 heteroatoms. The summed E-state index contributed by atoms with van der Waals surface area (Å²) in [4.78, 5) is 47.7. The van der Waals surface area contributed by atoms with Gasteiger partial charge in [-0.25, -0.2) is 0 Å². The highest BCUT2D eigenvalue weighted by atomic mass is 16.5. The fourth-order valence-corrected chi connectivity index (χ4v) is 5.90. The van der Waals surface area contributed by atoms with Gasteiger partial charge in [-0.3, -0.25) is 24.3 Å². The molecule has 3 atom stereocenters. The summed E-state index contributed by atoms with van der Waals surface area (Å²) in [7, 11) is 0. The largest absolute Gasteiger partial charge is 0.492 e. The van der Waals surface area contributed by atoms with Crippen molar-refractivity contribution in [2.75, 3.05) is 19.7 Å². The van der Waals surface area contributed by atoms with Crippen molar-refractivity contribution in [3.05, 3.63) is 60.4 Å². The highest BCUT2D eigenvalue weighted by Gasteiger charge is 2.54. The van der Waals surface area contributed by atoms with Gasteiger partial charge in [0.25, 0.3) is 0 Å². The van der Waals surface area contributed by atoms with E-state index in [1.54, 1.807) is 18.5 Å². The maximum Gasteiger partial charge on any atom is 0.240 e. The number of carbonyl (C=O) groups excluding carboxylic acids is 3. The minimum absolute atomic E-state index is 0.00108. The highest BCUT2D eigenvalue weighted by Crippen LogP contribution is 2.42. The number of amides is 3. The van der Waals surface area contributed by atoms with Crippen molar-refractivity contribution >= 4 is 17.7 Å². The number of pyridine rings is 1. The van der Waals surface area contributed by atoms with E-state index in [1.807, 2.05) is 41.3 Å². The predicted octanol–water partition coefficient (Wildman–Crippen LogP) is 3.34. The van der Waals surface area contributed by atoms with Gasteiger partial charge in [0.05, 0.1) is 18.2 Å². The second-order valence-electron chi connectivity index (χ2n) is 9.78. The van der Waals surface area contributed by atoms with Crippen LogP contribution in [0.4, 0.5) is 0 Å². The van der Waals surface area contributed by atoms with Crippen LogP contribution in [0.3, 0.4) is 0 Å². The Labute approximate surface area is 200 Å². The molecule has 0 spiro atoms. The third kappa shape index (κ3) is 4.31. The second-order valence-corrected chi connectivity index (χ2v) is 9.78. The minimum Gasteiger partial charge on any atom is -0.492 e. The van der Waals surface area contributed by atoms with Gasteiger partial charge in [0.2, 0.25) is 17.7 Å². The number of aromatic nitrogens is 1. The normalized spacial score (nSPS) is 26.2. The van der Waals surface area contributed by atoms with Crippen LogP contribution in [0.1, 0.15) is 50.5 Å². The van der Waals surface area contributed by atoms with Crippen LogP contribution in [0, 0.1) is 5.92 Å². The summed E-state index contributed by atoms with van der Waals surface area (Å²) in [6.45, 7) is 1.43. The number of rotatable bonds is 8. The van der Waals surface area contributed by atoms with Crippen LogP contribution in [-0.4, -0.2) is 58.2 Å². The van der Waals surface area contributed by atoms with Gasteiger partial charge in [-0.05, 0) is 49.3 Å². The van der Waals surface area contributed by atoms with Gasteiger partial charge >= 0.3 is 0 Å². The number of carbonyl (C=O) groups is 3. The zero-order valence-electron chi connectivity index (χ0n) is 19.4. The molecule has 3 fully saturated rings. The van der Waals surface area contributed by atoms with Crippen LogP contribution in [0.15, 0.2) is 54.9 Å². The highest BCUT2D eigenvalue weighted by molar-refractivity contribution is 6.10. The molecule has 34 heavy (non-hydrogen) atoms. The molecule has 2 aromatic rings. The van der Waals surface area contributed by atoms with E-state index in [4.69, 9.17) is 4.74 Å². The number of benzene rings is 1. The molecular weight excluding hydrogens is 430 g/mol. The summed E-state index contributed by atoms with van der Waals surface area (Å²) in [5.74, 6) is 0.749. The van der Waals surface area contributed by atoms with Gasteiger partial charge in [0, 0.05) is 38.2 Å². The minimum atomic E-state index is -1.13. The number of hydrogen-bond donors (Lipinski definition) is 0. The van der Waals surface area contributed by atoms with E-state index in [2.05, 4.69) is 4.98 Å². The Balaban J connectivity index is 1.31. The van der Waals surface area contributed by atoms with E-state index in [9.17, 15) is 14.4 Å². The molecule has 1 aromatic heterocycles. The molecule has 1 aromatic carbocycles. The number of fused-ring (bicyclic) bond motifs is 2. The lowest BCUT2D eigenvalue weighted by Gasteiger charge is -2.31. The molecule has 2 aliphatic heterocycles. The van der Waals surface area contributed by atoms with Crippen LogP contribution < -0.4 is 4.74 Å². The van der Waals surface area contributed by atoms with Gasteiger partial charge in [0.15, 0.2) is 0 Å². The Kier molecular flexibility index (Phi) is 6.35. The van der Waals surface area contributed by atoms with Crippen molar-refractivity contribution in [1.82, 2.24) is 14.8 Å². The van der Waals surface area contributed by atoms with Gasteiger partial charge in [0.1, 0.15) is 5.75 Å². The Morgan fingerprint density at radius 1 is 1.12 bits per heavy atom. The summed E-state index contributed by atoms with van der Waals surface area (Å²) in [5, 5.41) is 0. The predicted molar refractivity (Wildman–Crippen MR) is 126 cm³/mol. The fourth-order valence-electron chi connectivity index (χ4n) is 5.90. The lowest BCUT2D eigenvalue weighted by atomic mass is 9.75. The number of ether oxygens (including phenoxy) is 1. The Morgan fingerprint density at radius 2 is 1.97 bits per heavy atom. The average molecular weight is 462 g/mol. The van der Waals surface area contributed by atoms with E-state index in [0.29, 0.717) is 24.7 Å². The first-order valence-electron chi connectivity index (χ1n) is 12.3. The van der Waals surface area contributed by atoms with E-state index in [1.165, 1.54) is 11.3 Å². The van der Waals surface area contributed by atoms with Crippen LogP contribution >= 0.6 is 0 Å². The molecule has 2 saturated heterocycles. The SMILES string of the molecule is O=C1C[C@](CC(=O)N2C[C@@H]3CCC[C@@H]2C3)(c2ccccc2)C(=O)N1CCCOc1cccnc1. The maximum absolute atomic E-state index is 13.8. The van der Waals surface area contributed by atoms with Gasteiger partial charge < -0.3 is 9.64 Å². The molecular formula is C27H31N3O4. The monoisotopic (exact) mass is 461 g/mol. The first kappa shape index (κ1) is 22.6. The Morgan fingerprint density at radius 3 is 2.74 bits per heavy atom. The fraction of sp³-hybridized carbons (Fsp3) is 0.481. The number of hydrogen-bond acceptors (Lipinski definition) is 5. The molecule has 0 unspecified atom stereocenters.